The van der Waals surface area contributed by atoms with Crippen molar-refractivity contribution >= 4 is 11.3 Å². The van der Waals surface area contributed by atoms with Gasteiger partial charge in [0.15, 0.2) is 0 Å². The van der Waals surface area contributed by atoms with Gasteiger partial charge in [0.2, 0.25) is 5.01 Å². The summed E-state index contributed by atoms with van der Waals surface area (Å²) < 4.78 is 36.6. The minimum Gasteiger partial charge on any atom is -0.317 e. The second-order valence-electron chi connectivity index (χ2n) is 3.35. The van der Waals surface area contributed by atoms with E-state index in [1.54, 1.807) is 0 Å². The fourth-order valence-electron chi connectivity index (χ4n) is 1.14. The summed E-state index contributed by atoms with van der Waals surface area (Å²) in [6, 6.07) is 0. The van der Waals surface area contributed by atoms with Gasteiger partial charge in [0.25, 0.3) is 0 Å². The van der Waals surface area contributed by atoms with Crippen LogP contribution in [-0.2, 0) is 12.6 Å². The van der Waals surface area contributed by atoms with Gasteiger partial charge >= 0.3 is 6.18 Å². The van der Waals surface area contributed by atoms with Crippen LogP contribution in [0.3, 0.4) is 0 Å². The molecule has 0 unspecified atom stereocenters. The quantitative estimate of drug-likeness (QED) is 0.791. The number of nitrogens with zero attached hydrogens (tertiary/aromatic N) is 2. The molecule has 3 nitrogen and oxygen atoms in total. The first-order chi connectivity index (χ1) is 7.54. The van der Waals surface area contributed by atoms with Crippen LogP contribution in [0.1, 0.15) is 29.8 Å². The van der Waals surface area contributed by atoms with Crippen LogP contribution in [0.4, 0.5) is 13.2 Å². The molecule has 0 spiro atoms. The largest absolute Gasteiger partial charge is 0.445 e. The van der Waals surface area contributed by atoms with Gasteiger partial charge in [-0.1, -0.05) is 18.3 Å². The van der Waals surface area contributed by atoms with Crippen molar-refractivity contribution in [1.82, 2.24) is 15.5 Å². The van der Waals surface area contributed by atoms with Crippen molar-refractivity contribution in [3.05, 3.63) is 10.0 Å². The topological polar surface area (TPSA) is 37.8 Å². The van der Waals surface area contributed by atoms with Gasteiger partial charge in [-0.05, 0) is 25.9 Å². The SMILES string of the molecule is CCCNCCCc1nnc(C(F)(F)F)s1. The van der Waals surface area contributed by atoms with Crippen LogP contribution in [-0.4, -0.2) is 23.3 Å². The molecule has 1 heterocycles. The normalized spacial score (nSPS) is 12.0. The smallest absolute Gasteiger partial charge is 0.317 e. The molecule has 0 saturated carbocycles. The lowest BCUT2D eigenvalue weighted by Gasteiger charge is -2.00. The van der Waals surface area contributed by atoms with Crippen LogP contribution in [0.15, 0.2) is 0 Å². The summed E-state index contributed by atoms with van der Waals surface area (Å²) in [4.78, 5) is 0. The molecule has 0 radical (unpaired) electrons. The highest BCUT2D eigenvalue weighted by Crippen LogP contribution is 2.31. The third kappa shape index (κ3) is 4.44. The molecule has 1 aromatic rings. The first-order valence-electron chi connectivity index (χ1n) is 5.14. The van der Waals surface area contributed by atoms with Crippen LogP contribution in [0.25, 0.3) is 0 Å². The Balaban J connectivity index is 2.30. The molecule has 0 fully saturated rings. The number of nitrogens with one attached hydrogen (secondary N) is 1. The van der Waals surface area contributed by atoms with Gasteiger partial charge in [-0.15, -0.1) is 10.2 Å². The monoisotopic (exact) mass is 253 g/mol. The van der Waals surface area contributed by atoms with Gasteiger partial charge in [-0.25, -0.2) is 0 Å². The van der Waals surface area contributed by atoms with Crippen LogP contribution in [0.5, 0.6) is 0 Å². The number of halogens is 3. The summed E-state index contributed by atoms with van der Waals surface area (Å²) in [6.07, 6.45) is -1.98. The second-order valence-corrected chi connectivity index (χ2v) is 4.41. The van der Waals surface area contributed by atoms with E-state index >= 15 is 0 Å². The molecule has 0 aliphatic carbocycles. The highest BCUT2D eigenvalue weighted by Gasteiger charge is 2.35. The van der Waals surface area contributed by atoms with E-state index in [9.17, 15) is 13.2 Å². The van der Waals surface area contributed by atoms with Crippen molar-refractivity contribution in [3.63, 3.8) is 0 Å². The van der Waals surface area contributed by atoms with Crippen molar-refractivity contribution in [2.24, 2.45) is 0 Å². The van der Waals surface area contributed by atoms with Gasteiger partial charge in [-0.2, -0.15) is 13.2 Å². The van der Waals surface area contributed by atoms with E-state index in [0.29, 0.717) is 22.8 Å². The van der Waals surface area contributed by atoms with Crippen LogP contribution in [0.2, 0.25) is 0 Å². The molecule has 1 aromatic heterocycles. The van der Waals surface area contributed by atoms with Crippen LogP contribution < -0.4 is 5.32 Å². The molecule has 0 aliphatic heterocycles. The lowest BCUT2D eigenvalue weighted by Crippen LogP contribution is -2.16. The van der Waals surface area contributed by atoms with Crippen molar-refractivity contribution in [2.45, 2.75) is 32.4 Å². The molecule has 0 aromatic carbocycles. The van der Waals surface area contributed by atoms with E-state index in [4.69, 9.17) is 0 Å². The molecule has 7 heteroatoms. The van der Waals surface area contributed by atoms with Crippen molar-refractivity contribution in [1.29, 1.82) is 0 Å². The Bertz CT molecular complexity index is 311. The predicted molar refractivity (Wildman–Crippen MR) is 56.4 cm³/mol. The number of aromatic nitrogens is 2. The standard InChI is InChI=1S/C9H14F3N3S/c1-2-5-13-6-3-4-7-14-15-8(16-7)9(10,11)12/h13H,2-6H2,1H3. The highest BCUT2D eigenvalue weighted by molar-refractivity contribution is 7.11. The maximum atomic E-state index is 12.2. The molecule has 92 valence electrons. The van der Waals surface area contributed by atoms with Crippen LogP contribution >= 0.6 is 11.3 Å². The van der Waals surface area contributed by atoms with Gasteiger partial charge in [-0.3, -0.25) is 0 Å². The van der Waals surface area contributed by atoms with Crippen LogP contribution in [0, 0.1) is 0 Å². The number of alkyl halides is 3. The van der Waals surface area contributed by atoms with E-state index < -0.39 is 11.2 Å². The minimum absolute atomic E-state index is 0.450. The maximum Gasteiger partial charge on any atom is 0.445 e. The molecule has 16 heavy (non-hydrogen) atoms. The average Bonchev–Trinajstić information content (AvgIpc) is 2.65. The first-order valence-corrected chi connectivity index (χ1v) is 5.96. The number of rotatable bonds is 6. The first kappa shape index (κ1) is 13.4. The Labute approximate surface area is 96.1 Å². The molecule has 0 aliphatic rings. The van der Waals surface area contributed by atoms with Gasteiger partial charge in [0.1, 0.15) is 5.01 Å². The van der Waals surface area contributed by atoms with Gasteiger partial charge in [0.05, 0.1) is 0 Å². The van der Waals surface area contributed by atoms with E-state index in [2.05, 4.69) is 22.4 Å². The molecule has 1 rings (SSSR count). The van der Waals surface area contributed by atoms with E-state index in [-0.39, 0.29) is 0 Å². The maximum absolute atomic E-state index is 12.2. The van der Waals surface area contributed by atoms with E-state index in [1.807, 2.05) is 0 Å². The summed E-state index contributed by atoms with van der Waals surface area (Å²) >= 11 is 0.629. The summed E-state index contributed by atoms with van der Waals surface area (Å²) in [5, 5.41) is 9.42. The Morgan fingerprint density at radius 2 is 2.00 bits per heavy atom. The van der Waals surface area contributed by atoms with Gasteiger partial charge in [0, 0.05) is 6.42 Å². The Morgan fingerprint density at radius 3 is 2.56 bits per heavy atom. The molecular formula is C9H14F3N3S. The molecule has 0 saturated heterocycles. The van der Waals surface area contributed by atoms with Crippen molar-refractivity contribution in [2.75, 3.05) is 13.1 Å². The molecular weight excluding hydrogens is 239 g/mol. The van der Waals surface area contributed by atoms with Crippen molar-refractivity contribution < 1.29 is 13.2 Å². The number of aryl methyl sites for hydroxylation is 1. The molecule has 0 amide bonds. The van der Waals surface area contributed by atoms with E-state index in [1.165, 1.54) is 0 Å². The predicted octanol–water partition coefficient (Wildman–Crippen LogP) is 2.49. The molecule has 0 atom stereocenters. The summed E-state index contributed by atoms with van der Waals surface area (Å²) in [5.41, 5.74) is 0. The fourth-order valence-corrected chi connectivity index (χ4v) is 1.88. The van der Waals surface area contributed by atoms with Crippen molar-refractivity contribution in [3.8, 4) is 0 Å². The zero-order valence-electron chi connectivity index (χ0n) is 8.97. The summed E-state index contributed by atoms with van der Waals surface area (Å²) in [5.74, 6) is 0. The summed E-state index contributed by atoms with van der Waals surface area (Å²) in [6.45, 7) is 3.80. The Morgan fingerprint density at radius 1 is 1.25 bits per heavy atom. The Hall–Kier alpha value is -0.690. The Kier molecular flexibility index (Phi) is 5.14. The second kappa shape index (κ2) is 6.15. The fraction of sp³-hybridized carbons (Fsp3) is 0.778. The lowest BCUT2D eigenvalue weighted by atomic mass is 10.3. The average molecular weight is 253 g/mol. The third-order valence-corrected chi connectivity index (χ3v) is 2.91. The number of hydrogen-bond donors (Lipinski definition) is 1. The number of hydrogen-bond acceptors (Lipinski definition) is 4. The highest BCUT2D eigenvalue weighted by atomic mass is 32.1. The van der Waals surface area contributed by atoms with Gasteiger partial charge < -0.3 is 5.32 Å². The zero-order chi connectivity index (χ0) is 12.0. The molecule has 0 bridgehead atoms. The zero-order valence-corrected chi connectivity index (χ0v) is 9.79. The summed E-state index contributed by atoms with van der Waals surface area (Å²) in [7, 11) is 0. The minimum atomic E-state index is -4.36. The molecule has 1 N–H and O–H groups in total. The van der Waals surface area contributed by atoms with E-state index in [0.717, 1.165) is 25.9 Å². The lowest BCUT2D eigenvalue weighted by molar-refractivity contribution is -0.138. The third-order valence-electron chi connectivity index (χ3n) is 1.88.